The van der Waals surface area contributed by atoms with Gasteiger partial charge in [-0.3, -0.25) is 0 Å². The average Bonchev–Trinajstić information content (AvgIpc) is 2.31. The Bertz CT molecular complexity index is 294. The van der Waals surface area contributed by atoms with Gasteiger partial charge < -0.3 is 9.66 Å². The van der Waals surface area contributed by atoms with Crippen molar-refractivity contribution in [2.75, 3.05) is 5.75 Å². The fourth-order valence-electron chi connectivity index (χ4n) is 2.14. The second kappa shape index (κ2) is 14.8. The topological polar surface area (TPSA) is 77.4 Å². The van der Waals surface area contributed by atoms with Crippen molar-refractivity contribution in [2.24, 2.45) is 0 Å². The summed E-state index contributed by atoms with van der Waals surface area (Å²) in [7, 11) is -4.03. The van der Waals surface area contributed by atoms with Crippen LogP contribution in [0.5, 0.6) is 0 Å². The van der Waals surface area contributed by atoms with Crippen LogP contribution in [-0.4, -0.2) is 29.9 Å². The van der Waals surface area contributed by atoms with E-state index in [0.29, 0.717) is 6.42 Å². The van der Waals surface area contributed by atoms with Gasteiger partial charge in [0.15, 0.2) is 0 Å². The largest absolute Gasteiger partial charge is 1.00 e. The number of aliphatic hydroxyl groups is 1. The van der Waals surface area contributed by atoms with E-state index in [1.807, 2.05) is 0 Å². The zero-order valence-electron chi connectivity index (χ0n) is 13.1. The zero-order chi connectivity index (χ0) is 14.6. The minimum atomic E-state index is -4.03. The predicted octanol–water partition coefficient (Wildman–Crippen LogP) is 0.208. The molecule has 0 aromatic rings. The fourth-order valence-corrected chi connectivity index (χ4v) is 2.70. The van der Waals surface area contributed by atoms with Gasteiger partial charge in [-0.25, -0.2) is 8.42 Å². The van der Waals surface area contributed by atoms with Crippen LogP contribution in [0, 0.1) is 0 Å². The Morgan fingerprint density at radius 1 is 0.900 bits per heavy atom. The number of hydrogen-bond donors (Lipinski definition) is 1. The van der Waals surface area contributed by atoms with Gasteiger partial charge in [0.2, 0.25) is 0 Å². The first-order valence-electron chi connectivity index (χ1n) is 7.57. The molecule has 0 saturated carbocycles. The smallest absolute Gasteiger partial charge is 0.748 e. The SMILES string of the molecule is CCCCCC(O)CCCCCCCCS(=O)(=O)[O-].[Na+]. The molecular formula is C14H29NaO4S. The third-order valence-electron chi connectivity index (χ3n) is 3.32. The molecule has 0 aliphatic carbocycles. The van der Waals surface area contributed by atoms with Crippen molar-refractivity contribution in [1.82, 2.24) is 0 Å². The molecule has 0 aromatic carbocycles. The minimum Gasteiger partial charge on any atom is -0.748 e. The van der Waals surface area contributed by atoms with Crippen molar-refractivity contribution in [3.05, 3.63) is 0 Å². The van der Waals surface area contributed by atoms with Crippen LogP contribution in [0.2, 0.25) is 0 Å². The van der Waals surface area contributed by atoms with E-state index in [1.54, 1.807) is 0 Å². The summed E-state index contributed by atoms with van der Waals surface area (Å²) in [5.74, 6) is -0.233. The summed E-state index contributed by atoms with van der Waals surface area (Å²) in [6.45, 7) is 2.16. The van der Waals surface area contributed by atoms with E-state index in [4.69, 9.17) is 0 Å². The van der Waals surface area contributed by atoms with E-state index in [1.165, 1.54) is 12.8 Å². The Kier molecular flexibility index (Phi) is 17.1. The summed E-state index contributed by atoms with van der Waals surface area (Å²) in [5.41, 5.74) is 0. The third kappa shape index (κ3) is 18.9. The van der Waals surface area contributed by atoms with Crippen LogP contribution < -0.4 is 29.6 Å². The number of rotatable bonds is 13. The Labute approximate surface area is 146 Å². The molecule has 4 nitrogen and oxygen atoms in total. The Morgan fingerprint density at radius 2 is 1.35 bits per heavy atom. The molecule has 0 bridgehead atoms. The molecule has 0 heterocycles. The molecule has 20 heavy (non-hydrogen) atoms. The molecular weight excluding hydrogens is 287 g/mol. The fraction of sp³-hybridized carbons (Fsp3) is 1.00. The van der Waals surface area contributed by atoms with Crippen molar-refractivity contribution < 1.29 is 47.6 Å². The van der Waals surface area contributed by atoms with Crippen LogP contribution in [0.4, 0.5) is 0 Å². The molecule has 116 valence electrons. The second-order valence-corrected chi connectivity index (χ2v) is 6.85. The number of unbranched alkanes of at least 4 members (excludes halogenated alkanes) is 7. The summed E-state index contributed by atoms with van der Waals surface area (Å²) < 4.78 is 31.1. The normalized spacial score (nSPS) is 12.9. The van der Waals surface area contributed by atoms with E-state index in [2.05, 4.69) is 6.92 Å². The minimum absolute atomic E-state index is 0. The molecule has 0 radical (unpaired) electrons. The molecule has 0 aliphatic rings. The maximum absolute atomic E-state index is 10.4. The summed E-state index contributed by atoms with van der Waals surface area (Å²) in [6, 6.07) is 0. The van der Waals surface area contributed by atoms with Crippen molar-refractivity contribution in [3.8, 4) is 0 Å². The maximum Gasteiger partial charge on any atom is 1.00 e. The van der Waals surface area contributed by atoms with E-state index < -0.39 is 10.1 Å². The molecule has 1 unspecified atom stereocenters. The third-order valence-corrected chi connectivity index (χ3v) is 4.11. The summed E-state index contributed by atoms with van der Waals surface area (Å²) in [6.07, 6.45) is 10.5. The van der Waals surface area contributed by atoms with Crippen LogP contribution in [-0.2, 0) is 10.1 Å². The van der Waals surface area contributed by atoms with Crippen molar-refractivity contribution in [2.45, 2.75) is 83.7 Å². The van der Waals surface area contributed by atoms with Crippen LogP contribution >= 0.6 is 0 Å². The molecule has 1 N–H and O–H groups in total. The molecule has 6 heteroatoms. The first-order chi connectivity index (χ1) is 8.95. The van der Waals surface area contributed by atoms with Gasteiger partial charge >= 0.3 is 29.6 Å². The van der Waals surface area contributed by atoms with Crippen molar-refractivity contribution >= 4 is 10.1 Å². The first-order valence-corrected chi connectivity index (χ1v) is 9.15. The molecule has 0 saturated heterocycles. The molecule has 0 spiro atoms. The van der Waals surface area contributed by atoms with Gasteiger partial charge in [0.25, 0.3) is 0 Å². The Morgan fingerprint density at radius 3 is 1.85 bits per heavy atom. The molecule has 0 rings (SSSR count). The predicted molar refractivity (Wildman–Crippen MR) is 77.0 cm³/mol. The quantitative estimate of drug-likeness (QED) is 0.299. The van der Waals surface area contributed by atoms with Gasteiger partial charge in [-0.1, -0.05) is 58.3 Å². The van der Waals surface area contributed by atoms with Gasteiger partial charge in [-0.2, -0.15) is 0 Å². The van der Waals surface area contributed by atoms with Crippen LogP contribution in [0.3, 0.4) is 0 Å². The van der Waals surface area contributed by atoms with E-state index in [0.717, 1.165) is 51.4 Å². The molecule has 1 atom stereocenters. The van der Waals surface area contributed by atoms with Crippen molar-refractivity contribution in [3.63, 3.8) is 0 Å². The van der Waals surface area contributed by atoms with Gasteiger partial charge in [0, 0.05) is 5.75 Å². The van der Waals surface area contributed by atoms with Crippen LogP contribution in [0.15, 0.2) is 0 Å². The summed E-state index contributed by atoms with van der Waals surface area (Å²) >= 11 is 0. The van der Waals surface area contributed by atoms with Gasteiger partial charge in [-0.15, -0.1) is 0 Å². The number of aliphatic hydroxyl groups excluding tert-OH is 1. The maximum atomic E-state index is 10.4. The number of hydrogen-bond acceptors (Lipinski definition) is 4. The second-order valence-electron chi connectivity index (χ2n) is 5.32. The zero-order valence-corrected chi connectivity index (χ0v) is 16.0. The monoisotopic (exact) mass is 316 g/mol. The van der Waals surface area contributed by atoms with E-state index in [-0.39, 0.29) is 41.4 Å². The molecule has 0 aromatic heterocycles. The average molecular weight is 316 g/mol. The molecule has 0 fully saturated rings. The Hall–Kier alpha value is 0.870. The molecule has 0 aliphatic heterocycles. The first kappa shape index (κ1) is 23.1. The van der Waals surface area contributed by atoms with Crippen LogP contribution in [0.1, 0.15) is 77.6 Å². The van der Waals surface area contributed by atoms with Crippen molar-refractivity contribution in [1.29, 1.82) is 0 Å². The standard InChI is InChI=1S/C14H30O4S.Na/c1-2-3-8-11-14(15)12-9-6-4-5-7-10-13-19(16,17)18;/h14-15H,2-13H2,1H3,(H,16,17,18);/q;+1/p-1. The molecule has 0 amide bonds. The van der Waals surface area contributed by atoms with E-state index >= 15 is 0 Å². The van der Waals surface area contributed by atoms with Gasteiger partial charge in [0.05, 0.1) is 16.2 Å². The van der Waals surface area contributed by atoms with Crippen LogP contribution in [0.25, 0.3) is 0 Å². The summed E-state index contributed by atoms with van der Waals surface area (Å²) in [4.78, 5) is 0. The van der Waals surface area contributed by atoms with E-state index in [9.17, 15) is 18.1 Å². The van der Waals surface area contributed by atoms with Gasteiger partial charge in [0.1, 0.15) is 0 Å². The summed E-state index contributed by atoms with van der Waals surface area (Å²) in [5, 5.41) is 9.70. The van der Waals surface area contributed by atoms with Gasteiger partial charge in [-0.05, 0) is 19.3 Å². The Balaban J connectivity index is 0.